The minimum Gasteiger partial charge on any atom is -0.357 e. The van der Waals surface area contributed by atoms with Crippen molar-refractivity contribution in [3.05, 3.63) is 34.3 Å². The zero-order valence-corrected chi connectivity index (χ0v) is 15.1. The van der Waals surface area contributed by atoms with E-state index in [2.05, 4.69) is 57.3 Å². The highest BCUT2D eigenvalue weighted by Crippen LogP contribution is 2.12. The molecule has 1 fully saturated rings. The molecule has 1 N–H and O–H groups in total. The topological polar surface area (TPSA) is 27.6 Å². The third-order valence-corrected chi connectivity index (χ3v) is 3.59. The van der Waals surface area contributed by atoms with Gasteiger partial charge in [-0.1, -0.05) is 28.1 Å². The Bertz CT molecular complexity index is 400. The van der Waals surface area contributed by atoms with Crippen molar-refractivity contribution in [1.29, 1.82) is 0 Å². The van der Waals surface area contributed by atoms with Crippen LogP contribution in [0.25, 0.3) is 0 Å². The molecule has 2 rings (SSSR count). The van der Waals surface area contributed by atoms with Crippen LogP contribution in [0.3, 0.4) is 0 Å². The van der Waals surface area contributed by atoms with E-state index in [9.17, 15) is 0 Å². The van der Waals surface area contributed by atoms with E-state index in [1.807, 2.05) is 0 Å². The lowest BCUT2D eigenvalue weighted by molar-refractivity contribution is 0.493. The minimum absolute atomic E-state index is 0. The number of hydrogen-bond acceptors (Lipinski definition) is 1. The van der Waals surface area contributed by atoms with Crippen LogP contribution in [0, 0.1) is 0 Å². The van der Waals surface area contributed by atoms with Crippen molar-refractivity contribution in [1.82, 2.24) is 10.2 Å². The zero-order valence-electron chi connectivity index (χ0n) is 11.2. The van der Waals surface area contributed by atoms with Crippen LogP contribution in [0.5, 0.6) is 0 Å². The van der Waals surface area contributed by atoms with Gasteiger partial charge >= 0.3 is 0 Å². The van der Waals surface area contributed by atoms with E-state index >= 15 is 0 Å². The van der Waals surface area contributed by atoms with Gasteiger partial charge in [0.1, 0.15) is 0 Å². The second kappa shape index (κ2) is 8.79. The monoisotopic (exact) mass is 437 g/mol. The number of nitrogens with zero attached hydrogens (tertiary/aromatic N) is 2. The maximum absolute atomic E-state index is 4.71. The van der Waals surface area contributed by atoms with Gasteiger partial charge in [-0.3, -0.25) is 0 Å². The summed E-state index contributed by atoms with van der Waals surface area (Å²) < 4.78 is 1.11. The number of likely N-dealkylation sites (tertiary alicyclic amines) is 1. The predicted molar refractivity (Wildman–Crippen MR) is 95.2 cm³/mol. The number of aliphatic imine (C=N–C) groups is 1. The van der Waals surface area contributed by atoms with E-state index in [0.717, 1.165) is 36.6 Å². The molecule has 1 aliphatic rings. The first-order valence-corrected chi connectivity index (χ1v) is 7.36. The van der Waals surface area contributed by atoms with Crippen LogP contribution in [0.4, 0.5) is 0 Å². The number of halogens is 2. The summed E-state index contributed by atoms with van der Waals surface area (Å²) in [5.41, 5.74) is 1.24. The van der Waals surface area contributed by atoms with Gasteiger partial charge in [0.2, 0.25) is 0 Å². The van der Waals surface area contributed by atoms with E-state index in [1.54, 1.807) is 0 Å². The van der Waals surface area contributed by atoms with E-state index in [1.165, 1.54) is 18.4 Å². The SMILES string of the molecule is CCNC(=NCc1ccc(Br)cc1)N1CCCC1.I. The van der Waals surface area contributed by atoms with Gasteiger partial charge in [0.15, 0.2) is 5.96 Å². The first-order chi connectivity index (χ1) is 8.79. The molecule has 0 unspecified atom stereocenters. The number of nitrogens with one attached hydrogen (secondary N) is 1. The molecule has 3 nitrogen and oxygen atoms in total. The fourth-order valence-corrected chi connectivity index (χ4v) is 2.38. The van der Waals surface area contributed by atoms with Crippen molar-refractivity contribution in [2.75, 3.05) is 19.6 Å². The highest BCUT2D eigenvalue weighted by Gasteiger charge is 2.15. The summed E-state index contributed by atoms with van der Waals surface area (Å²) >= 11 is 3.45. The fraction of sp³-hybridized carbons (Fsp3) is 0.500. The molecule has 1 aliphatic heterocycles. The first kappa shape index (κ1) is 16.8. The molecule has 0 bridgehead atoms. The van der Waals surface area contributed by atoms with Crippen molar-refractivity contribution >= 4 is 45.9 Å². The lowest BCUT2D eigenvalue weighted by Crippen LogP contribution is -2.39. The number of rotatable bonds is 3. The molecule has 1 heterocycles. The Hall–Kier alpha value is -0.300. The summed E-state index contributed by atoms with van der Waals surface area (Å²) in [6.45, 7) is 6.05. The largest absolute Gasteiger partial charge is 0.357 e. The number of hydrogen-bond donors (Lipinski definition) is 1. The maximum Gasteiger partial charge on any atom is 0.194 e. The molecule has 0 radical (unpaired) electrons. The van der Waals surface area contributed by atoms with E-state index in [-0.39, 0.29) is 24.0 Å². The molecule has 0 aromatic heterocycles. The Morgan fingerprint density at radius 1 is 1.26 bits per heavy atom. The van der Waals surface area contributed by atoms with E-state index < -0.39 is 0 Å². The molecular weight excluding hydrogens is 417 g/mol. The van der Waals surface area contributed by atoms with Gasteiger partial charge in [0.05, 0.1) is 6.54 Å². The van der Waals surface area contributed by atoms with Crippen molar-refractivity contribution in [2.45, 2.75) is 26.3 Å². The zero-order chi connectivity index (χ0) is 12.8. The third-order valence-electron chi connectivity index (χ3n) is 3.07. The summed E-state index contributed by atoms with van der Waals surface area (Å²) in [5, 5.41) is 3.37. The summed E-state index contributed by atoms with van der Waals surface area (Å²) in [6, 6.07) is 8.35. The van der Waals surface area contributed by atoms with Crippen molar-refractivity contribution in [3.8, 4) is 0 Å². The normalized spacial score (nSPS) is 15.3. The molecule has 1 aromatic carbocycles. The van der Waals surface area contributed by atoms with Gasteiger partial charge in [-0.25, -0.2) is 4.99 Å². The van der Waals surface area contributed by atoms with Gasteiger partial charge < -0.3 is 10.2 Å². The first-order valence-electron chi connectivity index (χ1n) is 6.57. The summed E-state index contributed by atoms with van der Waals surface area (Å²) in [4.78, 5) is 7.06. The lowest BCUT2D eigenvalue weighted by atomic mass is 10.2. The second-order valence-electron chi connectivity index (χ2n) is 4.49. The Morgan fingerprint density at radius 3 is 2.47 bits per heavy atom. The molecule has 5 heteroatoms. The standard InChI is InChI=1S/C14H20BrN3.HI/c1-2-16-14(18-9-3-4-10-18)17-11-12-5-7-13(15)8-6-12;/h5-8H,2-4,9-11H2,1H3,(H,16,17);1H. The van der Waals surface area contributed by atoms with E-state index in [0.29, 0.717) is 0 Å². The van der Waals surface area contributed by atoms with Gasteiger partial charge in [-0.05, 0) is 37.5 Å². The van der Waals surface area contributed by atoms with Crippen LogP contribution in [-0.4, -0.2) is 30.5 Å². The summed E-state index contributed by atoms with van der Waals surface area (Å²) in [6.07, 6.45) is 2.56. The average Bonchev–Trinajstić information content (AvgIpc) is 2.90. The molecular formula is C14H21BrIN3. The van der Waals surface area contributed by atoms with Gasteiger partial charge in [-0.15, -0.1) is 24.0 Å². The lowest BCUT2D eigenvalue weighted by Gasteiger charge is -2.20. The van der Waals surface area contributed by atoms with E-state index in [4.69, 9.17) is 4.99 Å². The molecule has 0 amide bonds. The van der Waals surface area contributed by atoms with Crippen molar-refractivity contribution in [2.24, 2.45) is 4.99 Å². The smallest absolute Gasteiger partial charge is 0.194 e. The minimum atomic E-state index is 0. The Labute approximate surface area is 141 Å². The molecule has 1 saturated heterocycles. The fourth-order valence-electron chi connectivity index (χ4n) is 2.11. The number of guanidine groups is 1. The van der Waals surface area contributed by atoms with Crippen LogP contribution in [0.15, 0.2) is 33.7 Å². The quantitative estimate of drug-likeness (QED) is 0.444. The Balaban J connectivity index is 0.00000180. The highest BCUT2D eigenvalue weighted by atomic mass is 127. The maximum atomic E-state index is 4.71. The average molecular weight is 438 g/mol. The van der Waals surface area contributed by atoms with Crippen LogP contribution in [0.1, 0.15) is 25.3 Å². The van der Waals surface area contributed by atoms with Crippen molar-refractivity contribution in [3.63, 3.8) is 0 Å². The highest BCUT2D eigenvalue weighted by molar-refractivity contribution is 14.0. The molecule has 0 spiro atoms. The second-order valence-corrected chi connectivity index (χ2v) is 5.41. The molecule has 0 atom stereocenters. The van der Waals surface area contributed by atoms with Crippen LogP contribution in [-0.2, 0) is 6.54 Å². The third kappa shape index (κ3) is 5.30. The van der Waals surface area contributed by atoms with Crippen molar-refractivity contribution < 1.29 is 0 Å². The van der Waals surface area contributed by atoms with Crippen LogP contribution in [0.2, 0.25) is 0 Å². The molecule has 19 heavy (non-hydrogen) atoms. The molecule has 0 saturated carbocycles. The van der Waals surface area contributed by atoms with Gasteiger partial charge in [0.25, 0.3) is 0 Å². The van der Waals surface area contributed by atoms with Crippen LogP contribution < -0.4 is 5.32 Å². The predicted octanol–water partition coefficient (Wildman–Crippen LogP) is 3.63. The summed E-state index contributed by atoms with van der Waals surface area (Å²) in [7, 11) is 0. The Morgan fingerprint density at radius 2 is 1.89 bits per heavy atom. The molecule has 106 valence electrons. The molecule has 0 aliphatic carbocycles. The Kier molecular flexibility index (Phi) is 7.75. The molecule has 1 aromatic rings. The summed E-state index contributed by atoms with van der Waals surface area (Å²) in [5.74, 6) is 1.05. The number of benzene rings is 1. The van der Waals surface area contributed by atoms with Gasteiger partial charge in [-0.2, -0.15) is 0 Å². The van der Waals surface area contributed by atoms with Crippen LogP contribution >= 0.6 is 39.9 Å². The van der Waals surface area contributed by atoms with Gasteiger partial charge in [0, 0.05) is 24.1 Å².